The molecule has 0 saturated carbocycles. The van der Waals surface area contributed by atoms with Gasteiger partial charge in [-0.15, -0.1) is 24.0 Å². The van der Waals surface area contributed by atoms with Crippen molar-refractivity contribution < 1.29 is 4.74 Å². The van der Waals surface area contributed by atoms with E-state index in [0.29, 0.717) is 0 Å². The lowest BCUT2D eigenvalue weighted by atomic mass is 9.74. The van der Waals surface area contributed by atoms with Crippen molar-refractivity contribution >= 4 is 53.3 Å². The molecular formula is C19H31ClIN3OS. The lowest BCUT2D eigenvalue weighted by Crippen LogP contribution is -2.49. The second-order valence-corrected chi connectivity index (χ2v) is 9.04. The maximum atomic E-state index is 6.52. The number of nitrogens with zero attached hydrogens (tertiary/aromatic N) is 1. The molecular weight excluding hydrogens is 481 g/mol. The van der Waals surface area contributed by atoms with Gasteiger partial charge in [0.15, 0.2) is 5.96 Å². The molecule has 0 amide bonds. The van der Waals surface area contributed by atoms with Crippen LogP contribution in [0.4, 0.5) is 0 Å². The van der Waals surface area contributed by atoms with E-state index in [4.69, 9.17) is 16.3 Å². The van der Waals surface area contributed by atoms with Gasteiger partial charge < -0.3 is 15.4 Å². The van der Waals surface area contributed by atoms with Gasteiger partial charge in [-0.25, -0.2) is 0 Å². The minimum atomic E-state index is -0.0246. The van der Waals surface area contributed by atoms with Crippen LogP contribution < -0.4 is 10.6 Å². The van der Waals surface area contributed by atoms with Gasteiger partial charge in [0, 0.05) is 48.5 Å². The van der Waals surface area contributed by atoms with Crippen LogP contribution in [0.3, 0.4) is 0 Å². The zero-order valence-electron chi connectivity index (χ0n) is 16.1. The van der Waals surface area contributed by atoms with E-state index in [1.165, 1.54) is 5.56 Å². The summed E-state index contributed by atoms with van der Waals surface area (Å²) in [5.41, 5.74) is 1.18. The smallest absolute Gasteiger partial charge is 0.191 e. The molecule has 1 aromatic rings. The molecule has 0 aromatic heterocycles. The summed E-state index contributed by atoms with van der Waals surface area (Å²) in [4.78, 5) is 4.38. The normalized spacial score (nSPS) is 17.3. The van der Waals surface area contributed by atoms with Gasteiger partial charge in [-0.05, 0) is 44.6 Å². The van der Waals surface area contributed by atoms with Gasteiger partial charge in [-0.3, -0.25) is 4.99 Å². The van der Waals surface area contributed by atoms with Crippen molar-refractivity contribution in [1.29, 1.82) is 0 Å². The van der Waals surface area contributed by atoms with Crippen molar-refractivity contribution in [3.05, 3.63) is 34.9 Å². The summed E-state index contributed by atoms with van der Waals surface area (Å²) in [6, 6.07) is 8.16. The molecule has 0 radical (unpaired) electrons. The highest BCUT2D eigenvalue weighted by atomic mass is 127. The lowest BCUT2D eigenvalue weighted by Gasteiger charge is -2.39. The summed E-state index contributed by atoms with van der Waals surface area (Å²) >= 11 is 8.36. The van der Waals surface area contributed by atoms with Crippen molar-refractivity contribution in [2.24, 2.45) is 4.99 Å². The standard InChI is InChI=1S/C19H30ClN3OS.HI/c1-18(2,25-4)13-22-17(21-3)23-14-19(9-11-24-12-10-19)15-7-5-6-8-16(15)20;/h5-8H,9-14H2,1-4H3,(H2,21,22,23);1H. The molecule has 1 aliphatic heterocycles. The Kier molecular flexibility index (Phi) is 10.1. The number of aliphatic imine (C=N–C) groups is 1. The summed E-state index contributed by atoms with van der Waals surface area (Å²) in [5.74, 6) is 0.833. The van der Waals surface area contributed by atoms with Crippen LogP contribution in [0.15, 0.2) is 29.3 Å². The van der Waals surface area contributed by atoms with Crippen LogP contribution in [0.2, 0.25) is 5.02 Å². The molecule has 2 rings (SSSR count). The monoisotopic (exact) mass is 511 g/mol. The molecule has 1 fully saturated rings. The highest BCUT2D eigenvalue weighted by Gasteiger charge is 2.36. The van der Waals surface area contributed by atoms with Crippen LogP contribution in [0, 0.1) is 0 Å². The Bertz CT molecular complexity index is 592. The Morgan fingerprint density at radius 2 is 1.92 bits per heavy atom. The Balaban J connectivity index is 0.00000338. The number of hydrogen-bond donors (Lipinski definition) is 2. The van der Waals surface area contributed by atoms with Gasteiger partial charge in [0.1, 0.15) is 0 Å². The number of rotatable bonds is 6. The summed E-state index contributed by atoms with van der Waals surface area (Å²) < 4.78 is 5.77. The Morgan fingerprint density at radius 3 is 2.50 bits per heavy atom. The number of benzene rings is 1. The fourth-order valence-corrected chi connectivity index (χ4v) is 3.59. The van der Waals surface area contributed by atoms with Crippen LogP contribution in [-0.2, 0) is 10.2 Å². The number of hydrogen-bond acceptors (Lipinski definition) is 3. The van der Waals surface area contributed by atoms with Crippen molar-refractivity contribution in [2.45, 2.75) is 36.9 Å². The van der Waals surface area contributed by atoms with E-state index in [-0.39, 0.29) is 34.1 Å². The van der Waals surface area contributed by atoms with Gasteiger partial charge in [-0.2, -0.15) is 11.8 Å². The number of ether oxygens (including phenoxy) is 1. The van der Waals surface area contributed by atoms with Crippen molar-refractivity contribution in [3.8, 4) is 0 Å². The zero-order valence-corrected chi connectivity index (χ0v) is 20.0. The maximum absolute atomic E-state index is 6.52. The van der Waals surface area contributed by atoms with Gasteiger partial charge in [0.2, 0.25) is 0 Å². The molecule has 1 aromatic carbocycles. The molecule has 148 valence electrons. The van der Waals surface area contributed by atoms with Gasteiger partial charge in [0.05, 0.1) is 0 Å². The molecule has 1 heterocycles. The van der Waals surface area contributed by atoms with Crippen molar-refractivity contribution in [2.75, 3.05) is 39.6 Å². The third kappa shape index (κ3) is 6.46. The molecule has 1 aliphatic rings. The quantitative estimate of drug-likeness (QED) is 0.339. The SMILES string of the molecule is CN=C(NCC(C)(C)SC)NCC1(c2ccccc2Cl)CCOCC1.I. The molecule has 0 spiro atoms. The van der Waals surface area contributed by atoms with Gasteiger partial charge >= 0.3 is 0 Å². The van der Waals surface area contributed by atoms with Crippen LogP contribution in [0.25, 0.3) is 0 Å². The maximum Gasteiger partial charge on any atom is 0.191 e. The largest absolute Gasteiger partial charge is 0.381 e. The molecule has 2 N–H and O–H groups in total. The summed E-state index contributed by atoms with van der Waals surface area (Å²) in [7, 11) is 1.81. The van der Waals surface area contributed by atoms with Crippen LogP contribution in [0.5, 0.6) is 0 Å². The molecule has 4 nitrogen and oxygen atoms in total. The minimum Gasteiger partial charge on any atom is -0.381 e. The first-order valence-electron chi connectivity index (χ1n) is 8.75. The number of nitrogens with one attached hydrogen (secondary N) is 2. The van der Waals surface area contributed by atoms with E-state index in [2.05, 4.69) is 47.9 Å². The Hall–Kier alpha value is -0.180. The van der Waals surface area contributed by atoms with Crippen molar-refractivity contribution in [3.63, 3.8) is 0 Å². The second-order valence-electron chi connectivity index (χ2n) is 7.12. The lowest BCUT2D eigenvalue weighted by molar-refractivity contribution is 0.0514. The van der Waals surface area contributed by atoms with E-state index < -0.39 is 0 Å². The third-order valence-corrected chi connectivity index (χ3v) is 6.53. The molecule has 7 heteroatoms. The van der Waals surface area contributed by atoms with E-state index in [0.717, 1.165) is 50.1 Å². The average molecular weight is 512 g/mol. The summed E-state index contributed by atoms with van der Waals surface area (Å²) in [6.07, 6.45) is 4.04. The topological polar surface area (TPSA) is 45.7 Å². The number of guanidine groups is 1. The number of thioether (sulfide) groups is 1. The Morgan fingerprint density at radius 1 is 1.27 bits per heavy atom. The van der Waals surface area contributed by atoms with Crippen LogP contribution in [0.1, 0.15) is 32.3 Å². The predicted octanol–water partition coefficient (Wildman–Crippen LogP) is 4.31. The third-order valence-electron chi connectivity index (χ3n) is 4.95. The Labute approximate surface area is 184 Å². The van der Waals surface area contributed by atoms with Gasteiger partial charge in [-0.1, -0.05) is 29.8 Å². The highest BCUT2D eigenvalue weighted by Crippen LogP contribution is 2.38. The first kappa shape index (κ1) is 23.9. The molecule has 0 bridgehead atoms. The van der Waals surface area contributed by atoms with Gasteiger partial charge in [0.25, 0.3) is 0 Å². The number of halogens is 2. The molecule has 0 atom stereocenters. The first-order chi connectivity index (χ1) is 11.9. The van der Waals surface area contributed by atoms with E-state index in [1.54, 1.807) is 0 Å². The first-order valence-corrected chi connectivity index (χ1v) is 10.4. The minimum absolute atomic E-state index is 0. The van der Waals surface area contributed by atoms with E-state index in [9.17, 15) is 0 Å². The fourth-order valence-electron chi connectivity index (χ4n) is 3.04. The summed E-state index contributed by atoms with van der Waals surface area (Å²) in [5, 5.41) is 7.79. The van der Waals surface area contributed by atoms with Crippen molar-refractivity contribution in [1.82, 2.24) is 10.6 Å². The second kappa shape index (κ2) is 11.0. The predicted molar refractivity (Wildman–Crippen MR) is 126 cm³/mol. The van der Waals surface area contributed by atoms with E-state index >= 15 is 0 Å². The highest BCUT2D eigenvalue weighted by molar-refractivity contribution is 14.0. The molecule has 26 heavy (non-hydrogen) atoms. The summed E-state index contributed by atoms with van der Waals surface area (Å²) in [6.45, 7) is 7.62. The molecule has 0 aliphatic carbocycles. The van der Waals surface area contributed by atoms with E-state index in [1.807, 2.05) is 30.9 Å². The van der Waals surface area contributed by atoms with Crippen LogP contribution >= 0.6 is 47.3 Å². The molecule has 0 unspecified atom stereocenters. The average Bonchev–Trinajstić information content (AvgIpc) is 2.63. The fraction of sp³-hybridized carbons (Fsp3) is 0.632. The van der Waals surface area contributed by atoms with Crippen LogP contribution in [-0.4, -0.2) is 50.3 Å². The zero-order chi connectivity index (χ0) is 18.3. The molecule has 1 saturated heterocycles.